The number of hydrogen-bond donors (Lipinski definition) is 3. The van der Waals surface area contributed by atoms with E-state index in [1.54, 1.807) is 6.92 Å². The van der Waals surface area contributed by atoms with Crippen LogP contribution < -0.4 is 5.32 Å². The van der Waals surface area contributed by atoms with E-state index in [0.717, 1.165) is 22.3 Å². The normalized spacial score (nSPS) is 17.9. The maximum absolute atomic E-state index is 12.5. The summed E-state index contributed by atoms with van der Waals surface area (Å²) in [5, 5.41) is 22.3. The Morgan fingerprint density at radius 1 is 1.08 bits per heavy atom. The van der Waals surface area contributed by atoms with Crippen molar-refractivity contribution >= 4 is 23.6 Å². The van der Waals surface area contributed by atoms with Crippen molar-refractivity contribution in [2.45, 2.75) is 45.6 Å². The molecule has 0 aliphatic heterocycles. The Labute approximate surface area is 209 Å². The van der Waals surface area contributed by atoms with Gasteiger partial charge in [0.05, 0.1) is 12.1 Å². The fourth-order valence-corrected chi connectivity index (χ4v) is 4.97. The van der Waals surface area contributed by atoms with Crippen LogP contribution in [0.5, 0.6) is 0 Å². The smallest absolute Gasteiger partial charge is 0.407 e. The summed E-state index contributed by atoms with van der Waals surface area (Å²) in [6, 6.07) is 14.5. The summed E-state index contributed by atoms with van der Waals surface area (Å²) in [6.45, 7) is 5.08. The molecule has 8 nitrogen and oxygen atoms in total. The number of fused-ring (bicyclic) bond motifs is 3. The molecule has 0 bridgehead atoms. The molecule has 2 aromatic rings. The first-order valence-corrected chi connectivity index (χ1v) is 11.9. The minimum atomic E-state index is -1.35. The van der Waals surface area contributed by atoms with Crippen LogP contribution in [0.15, 0.2) is 64.9 Å². The minimum absolute atomic E-state index is 0.0473. The van der Waals surface area contributed by atoms with Gasteiger partial charge < -0.3 is 20.3 Å². The lowest BCUT2D eigenvalue weighted by Gasteiger charge is -2.29. The second kappa shape index (κ2) is 9.97. The summed E-state index contributed by atoms with van der Waals surface area (Å²) >= 11 is 0. The van der Waals surface area contributed by atoms with Gasteiger partial charge in [-0.2, -0.15) is 0 Å². The Bertz CT molecular complexity index is 1230. The number of allylic oxidation sites excluding steroid dienone is 2. The van der Waals surface area contributed by atoms with E-state index in [0.29, 0.717) is 6.42 Å². The third-order valence-electron chi connectivity index (χ3n) is 6.66. The topological polar surface area (TPSA) is 125 Å². The number of hydrogen-bond acceptors (Lipinski definition) is 6. The van der Waals surface area contributed by atoms with Crippen LogP contribution in [0.2, 0.25) is 0 Å². The first kappa shape index (κ1) is 25.2. The molecule has 3 N–H and O–H groups in total. The van der Waals surface area contributed by atoms with E-state index in [1.807, 2.05) is 62.4 Å². The predicted molar refractivity (Wildman–Crippen MR) is 135 cm³/mol. The van der Waals surface area contributed by atoms with Crippen molar-refractivity contribution in [2.24, 2.45) is 10.4 Å². The number of aliphatic carboxylic acids is 1. The van der Waals surface area contributed by atoms with Crippen molar-refractivity contribution in [2.75, 3.05) is 13.2 Å². The number of nitrogens with zero attached hydrogens (tertiary/aromatic N) is 1. The predicted octanol–water partition coefficient (Wildman–Crippen LogP) is 4.64. The summed E-state index contributed by atoms with van der Waals surface area (Å²) in [5.41, 5.74) is 4.31. The number of nitrogens with one attached hydrogen (secondary N) is 1. The second-order valence-corrected chi connectivity index (χ2v) is 10.0. The van der Waals surface area contributed by atoms with E-state index in [-0.39, 0.29) is 53.7 Å². The lowest BCUT2D eigenvalue weighted by atomic mass is 9.76. The zero-order valence-corrected chi connectivity index (χ0v) is 20.6. The lowest BCUT2D eigenvalue weighted by Crippen LogP contribution is -2.43. The van der Waals surface area contributed by atoms with E-state index in [1.165, 1.54) is 0 Å². The number of aliphatic imine (C=N–C) groups is 1. The molecule has 36 heavy (non-hydrogen) atoms. The molecule has 0 saturated heterocycles. The monoisotopic (exact) mass is 490 g/mol. The highest BCUT2D eigenvalue weighted by molar-refractivity contribution is 6.22. The van der Waals surface area contributed by atoms with Crippen LogP contribution in [-0.2, 0) is 14.3 Å². The van der Waals surface area contributed by atoms with E-state index in [9.17, 15) is 24.6 Å². The van der Waals surface area contributed by atoms with Gasteiger partial charge in [0, 0.05) is 24.5 Å². The van der Waals surface area contributed by atoms with E-state index in [2.05, 4.69) is 10.3 Å². The van der Waals surface area contributed by atoms with Crippen molar-refractivity contribution in [3.63, 3.8) is 0 Å². The zero-order valence-electron chi connectivity index (χ0n) is 20.6. The van der Waals surface area contributed by atoms with Gasteiger partial charge in [-0.05, 0) is 34.6 Å². The number of Topliss-reactive ketones (excluding diaryl/α,β-unsaturated/α-hetero) is 1. The molecule has 4 rings (SSSR count). The van der Waals surface area contributed by atoms with Gasteiger partial charge in [-0.25, -0.2) is 9.59 Å². The number of amides is 1. The van der Waals surface area contributed by atoms with Gasteiger partial charge >= 0.3 is 12.1 Å². The fourth-order valence-electron chi connectivity index (χ4n) is 4.97. The zero-order chi connectivity index (χ0) is 26.0. The molecule has 0 fully saturated rings. The fraction of sp³-hybridized carbons (Fsp3) is 0.357. The lowest BCUT2D eigenvalue weighted by molar-refractivity contribution is -0.139. The number of carboxylic acid groups (broad SMARTS) is 1. The summed E-state index contributed by atoms with van der Waals surface area (Å²) in [6.07, 6.45) is -0.268. The second-order valence-electron chi connectivity index (χ2n) is 10.0. The molecular formula is C28H30N2O6. The number of ketones is 1. The van der Waals surface area contributed by atoms with Gasteiger partial charge in [-0.1, -0.05) is 62.4 Å². The van der Waals surface area contributed by atoms with Crippen molar-refractivity contribution < 1.29 is 29.3 Å². The number of carboxylic acids is 1. The number of aliphatic hydroxyl groups excluding tert-OH is 1. The van der Waals surface area contributed by atoms with Crippen LogP contribution in [0, 0.1) is 5.41 Å². The molecule has 0 radical (unpaired) electrons. The average molecular weight is 491 g/mol. The number of carbonyl (C=O) groups excluding carboxylic acids is 2. The Kier molecular flexibility index (Phi) is 6.97. The highest BCUT2D eigenvalue weighted by Gasteiger charge is 2.34. The Morgan fingerprint density at radius 3 is 2.22 bits per heavy atom. The van der Waals surface area contributed by atoms with Crippen molar-refractivity contribution in [3.05, 3.63) is 71.0 Å². The summed E-state index contributed by atoms with van der Waals surface area (Å²) in [7, 11) is 0. The standard InChI is InChI=1S/C28H30N2O6/c1-16(25-23(31)12-28(2,3)13-24(25)32)29-14-22(26(33)34)30-27(35)36-15-21-19-10-6-4-8-17(19)18-9-5-7-11-20(18)21/h4-11,21-22,31H,12-15H2,1-3H3,(H,30,35)(H,33,34). The molecule has 1 amide bonds. The minimum Gasteiger partial charge on any atom is -0.511 e. The molecule has 2 aliphatic rings. The summed E-state index contributed by atoms with van der Waals surface area (Å²) in [5.74, 6) is -1.72. The first-order valence-electron chi connectivity index (χ1n) is 11.9. The van der Waals surface area contributed by atoms with Crippen molar-refractivity contribution in [3.8, 4) is 11.1 Å². The number of rotatable bonds is 7. The molecule has 0 aromatic heterocycles. The van der Waals surface area contributed by atoms with E-state index < -0.39 is 18.1 Å². The van der Waals surface area contributed by atoms with Crippen LogP contribution in [0.4, 0.5) is 4.79 Å². The highest BCUT2D eigenvalue weighted by atomic mass is 16.5. The molecule has 2 aromatic carbocycles. The van der Waals surface area contributed by atoms with Crippen molar-refractivity contribution in [1.82, 2.24) is 5.32 Å². The van der Waals surface area contributed by atoms with Crippen LogP contribution in [0.1, 0.15) is 50.7 Å². The molecule has 8 heteroatoms. The Morgan fingerprint density at radius 2 is 1.67 bits per heavy atom. The molecule has 0 spiro atoms. The van der Waals surface area contributed by atoms with Gasteiger partial charge in [-0.15, -0.1) is 0 Å². The number of aliphatic hydroxyl groups is 1. The quantitative estimate of drug-likeness (QED) is 0.486. The number of alkyl carbamates (subject to hydrolysis) is 1. The molecule has 0 heterocycles. The Balaban J connectivity index is 1.41. The summed E-state index contributed by atoms with van der Waals surface area (Å²) in [4.78, 5) is 41.0. The van der Waals surface area contributed by atoms with Gasteiger partial charge in [0.1, 0.15) is 18.4 Å². The Hall–Kier alpha value is -3.94. The van der Waals surface area contributed by atoms with Crippen LogP contribution in [0.25, 0.3) is 11.1 Å². The maximum Gasteiger partial charge on any atom is 0.407 e. The van der Waals surface area contributed by atoms with E-state index in [4.69, 9.17) is 4.74 Å². The van der Waals surface area contributed by atoms with Crippen LogP contribution >= 0.6 is 0 Å². The molecule has 1 unspecified atom stereocenters. The van der Waals surface area contributed by atoms with Crippen LogP contribution in [-0.4, -0.2) is 53.0 Å². The van der Waals surface area contributed by atoms with Gasteiger partial charge in [0.15, 0.2) is 5.78 Å². The molecule has 2 aliphatic carbocycles. The molecular weight excluding hydrogens is 460 g/mol. The van der Waals surface area contributed by atoms with Crippen LogP contribution in [0.3, 0.4) is 0 Å². The van der Waals surface area contributed by atoms with Gasteiger partial charge in [0.2, 0.25) is 0 Å². The third kappa shape index (κ3) is 5.17. The van der Waals surface area contributed by atoms with Gasteiger partial charge in [-0.3, -0.25) is 9.79 Å². The van der Waals surface area contributed by atoms with Crippen molar-refractivity contribution in [1.29, 1.82) is 0 Å². The molecule has 0 saturated carbocycles. The molecule has 188 valence electrons. The van der Waals surface area contributed by atoms with E-state index >= 15 is 0 Å². The third-order valence-corrected chi connectivity index (χ3v) is 6.66. The van der Waals surface area contributed by atoms with Gasteiger partial charge in [0.25, 0.3) is 0 Å². The first-order chi connectivity index (χ1) is 17.1. The number of carbonyl (C=O) groups is 3. The summed E-state index contributed by atoms with van der Waals surface area (Å²) < 4.78 is 5.44. The largest absolute Gasteiger partial charge is 0.511 e. The highest BCUT2D eigenvalue weighted by Crippen LogP contribution is 2.44. The molecule has 1 atom stereocenters. The number of benzene rings is 2. The maximum atomic E-state index is 12.5. The SMILES string of the molecule is CC(=NCC(NC(=O)OCC1c2ccccc2-c2ccccc21)C(=O)O)C1=C(O)CC(C)(C)CC1=O. The number of ether oxygens (including phenoxy) is 1. The average Bonchev–Trinajstić information content (AvgIpc) is 3.12.